The second kappa shape index (κ2) is 8.94. The van der Waals surface area contributed by atoms with Gasteiger partial charge in [0.15, 0.2) is 0 Å². The highest BCUT2D eigenvalue weighted by Gasteiger charge is 2.10. The fourth-order valence-corrected chi connectivity index (χ4v) is 2.29. The fraction of sp³-hybridized carbons (Fsp3) is 0.625. The van der Waals surface area contributed by atoms with Crippen molar-refractivity contribution in [1.29, 1.82) is 0 Å². The second-order valence-corrected chi connectivity index (χ2v) is 5.07. The minimum atomic E-state index is 0.281. The highest BCUT2D eigenvalue weighted by atomic mass is 16.5. The number of hydrogen-bond acceptors (Lipinski definition) is 3. The predicted molar refractivity (Wildman–Crippen MR) is 79.5 cm³/mol. The summed E-state index contributed by atoms with van der Waals surface area (Å²) < 4.78 is 5.16. The van der Waals surface area contributed by atoms with Crippen molar-refractivity contribution < 1.29 is 9.84 Å². The first-order chi connectivity index (χ1) is 9.21. The largest absolute Gasteiger partial charge is 0.497 e. The summed E-state index contributed by atoms with van der Waals surface area (Å²) in [5, 5.41) is 12.6. The maximum atomic E-state index is 9.06. The van der Waals surface area contributed by atoms with Gasteiger partial charge in [0.05, 0.1) is 7.11 Å². The lowest BCUT2D eigenvalue weighted by Gasteiger charge is -2.20. The van der Waals surface area contributed by atoms with Gasteiger partial charge in [0.2, 0.25) is 0 Å². The number of hydrogen-bond donors (Lipinski definition) is 2. The van der Waals surface area contributed by atoms with E-state index in [4.69, 9.17) is 9.84 Å². The molecule has 0 aromatic heterocycles. The third kappa shape index (κ3) is 5.62. The monoisotopic (exact) mass is 265 g/mol. The zero-order valence-electron chi connectivity index (χ0n) is 12.4. The molecule has 1 rings (SSSR count). The Labute approximate surface area is 117 Å². The average molecular weight is 265 g/mol. The normalized spacial score (nSPS) is 14.1. The number of ether oxygens (including phenoxy) is 1. The van der Waals surface area contributed by atoms with Crippen LogP contribution in [0.2, 0.25) is 0 Å². The van der Waals surface area contributed by atoms with Crippen molar-refractivity contribution in [1.82, 2.24) is 5.32 Å². The van der Waals surface area contributed by atoms with Crippen LogP contribution in [0.1, 0.15) is 44.7 Å². The Morgan fingerprint density at radius 3 is 2.42 bits per heavy atom. The van der Waals surface area contributed by atoms with E-state index in [1.54, 1.807) is 7.11 Å². The first-order valence-corrected chi connectivity index (χ1v) is 7.19. The summed E-state index contributed by atoms with van der Waals surface area (Å²) >= 11 is 0. The van der Waals surface area contributed by atoms with Gasteiger partial charge < -0.3 is 15.2 Å². The Balaban J connectivity index is 2.45. The molecule has 0 fully saturated rings. The molecular formula is C16H27NO2. The second-order valence-electron chi connectivity index (χ2n) is 5.07. The molecule has 1 aromatic carbocycles. The van der Waals surface area contributed by atoms with Crippen LogP contribution < -0.4 is 10.1 Å². The quantitative estimate of drug-likeness (QED) is 0.720. The van der Waals surface area contributed by atoms with Gasteiger partial charge in [-0.3, -0.25) is 0 Å². The number of nitrogens with one attached hydrogen (secondary N) is 1. The van der Waals surface area contributed by atoms with Crippen molar-refractivity contribution in [2.75, 3.05) is 20.3 Å². The van der Waals surface area contributed by atoms with Gasteiger partial charge in [-0.2, -0.15) is 0 Å². The van der Waals surface area contributed by atoms with Crippen molar-refractivity contribution >= 4 is 0 Å². The van der Waals surface area contributed by atoms with Gasteiger partial charge in [0.25, 0.3) is 0 Å². The number of methoxy groups -OCH3 is 1. The molecule has 0 aliphatic carbocycles. The molecule has 0 bridgehead atoms. The molecule has 1 aromatic rings. The lowest BCUT2D eigenvalue weighted by Crippen LogP contribution is -2.26. The van der Waals surface area contributed by atoms with Gasteiger partial charge in [-0.15, -0.1) is 0 Å². The molecule has 0 heterocycles. The van der Waals surface area contributed by atoms with Crippen LogP contribution in [-0.4, -0.2) is 25.4 Å². The molecule has 0 saturated carbocycles. The first-order valence-electron chi connectivity index (χ1n) is 7.19. The Morgan fingerprint density at radius 2 is 1.89 bits per heavy atom. The molecule has 2 unspecified atom stereocenters. The van der Waals surface area contributed by atoms with Crippen molar-refractivity contribution in [3.63, 3.8) is 0 Å². The van der Waals surface area contributed by atoms with Crippen LogP contribution in [0.5, 0.6) is 5.75 Å². The molecule has 0 amide bonds. The van der Waals surface area contributed by atoms with E-state index in [0.717, 1.165) is 18.7 Å². The minimum absolute atomic E-state index is 0.281. The van der Waals surface area contributed by atoms with Crippen molar-refractivity contribution in [2.24, 2.45) is 5.92 Å². The fourth-order valence-electron chi connectivity index (χ4n) is 2.29. The Bertz CT molecular complexity index is 331. The summed E-state index contributed by atoms with van der Waals surface area (Å²) in [7, 11) is 1.68. The summed E-state index contributed by atoms with van der Waals surface area (Å²) in [4.78, 5) is 0. The molecule has 2 atom stereocenters. The maximum absolute atomic E-state index is 9.06. The summed E-state index contributed by atoms with van der Waals surface area (Å²) in [6.07, 6.45) is 3.22. The van der Waals surface area contributed by atoms with E-state index < -0.39 is 0 Å². The molecule has 0 saturated heterocycles. The zero-order valence-corrected chi connectivity index (χ0v) is 12.4. The maximum Gasteiger partial charge on any atom is 0.118 e. The van der Waals surface area contributed by atoms with E-state index >= 15 is 0 Å². The van der Waals surface area contributed by atoms with Crippen LogP contribution in [0.3, 0.4) is 0 Å². The van der Waals surface area contributed by atoms with Gasteiger partial charge in [-0.25, -0.2) is 0 Å². The molecule has 2 N–H and O–H groups in total. The molecular weight excluding hydrogens is 238 g/mol. The Kier molecular flexibility index (Phi) is 7.53. The van der Waals surface area contributed by atoms with Crippen molar-refractivity contribution in [3.8, 4) is 5.75 Å². The lowest BCUT2D eigenvalue weighted by atomic mass is 9.99. The van der Waals surface area contributed by atoms with Crippen LogP contribution in [0.15, 0.2) is 24.3 Å². The number of rotatable bonds is 9. The summed E-state index contributed by atoms with van der Waals surface area (Å²) in [5.74, 6) is 1.45. The molecule has 19 heavy (non-hydrogen) atoms. The highest BCUT2D eigenvalue weighted by molar-refractivity contribution is 5.28. The molecule has 3 nitrogen and oxygen atoms in total. The van der Waals surface area contributed by atoms with E-state index in [9.17, 15) is 0 Å². The van der Waals surface area contributed by atoms with E-state index in [0.29, 0.717) is 12.0 Å². The Hall–Kier alpha value is -1.06. The van der Waals surface area contributed by atoms with Crippen molar-refractivity contribution in [3.05, 3.63) is 29.8 Å². The number of aliphatic hydroxyl groups is 1. The predicted octanol–water partition coefficient (Wildman–Crippen LogP) is 3.14. The molecule has 0 aliphatic heterocycles. The third-order valence-electron chi connectivity index (χ3n) is 3.56. The van der Waals surface area contributed by atoms with E-state index in [1.165, 1.54) is 18.4 Å². The SMILES string of the molecule is CCCC(CCO)CNC(C)c1ccc(OC)cc1. The Morgan fingerprint density at radius 1 is 1.21 bits per heavy atom. The van der Waals surface area contributed by atoms with Crippen LogP contribution in [-0.2, 0) is 0 Å². The van der Waals surface area contributed by atoms with Crippen molar-refractivity contribution in [2.45, 2.75) is 39.2 Å². The van der Waals surface area contributed by atoms with Crippen LogP contribution in [0.4, 0.5) is 0 Å². The van der Waals surface area contributed by atoms with E-state index in [2.05, 4.69) is 31.3 Å². The third-order valence-corrected chi connectivity index (χ3v) is 3.56. The summed E-state index contributed by atoms with van der Waals surface area (Å²) in [6.45, 7) is 5.60. The number of aliphatic hydroxyl groups excluding tert-OH is 1. The smallest absolute Gasteiger partial charge is 0.118 e. The van der Waals surface area contributed by atoms with Gasteiger partial charge in [-0.1, -0.05) is 25.5 Å². The minimum Gasteiger partial charge on any atom is -0.497 e. The molecule has 0 radical (unpaired) electrons. The molecule has 0 aliphatic rings. The van der Waals surface area contributed by atoms with Crippen LogP contribution in [0, 0.1) is 5.92 Å². The summed E-state index contributed by atoms with van der Waals surface area (Å²) in [6, 6.07) is 8.49. The highest BCUT2D eigenvalue weighted by Crippen LogP contribution is 2.18. The standard InChI is InChI=1S/C16H27NO2/c1-4-5-14(10-11-18)12-17-13(2)15-6-8-16(19-3)9-7-15/h6-9,13-14,17-18H,4-5,10-12H2,1-3H3. The van der Waals surface area contributed by atoms with Gasteiger partial charge in [0.1, 0.15) is 5.75 Å². The molecule has 108 valence electrons. The van der Waals surface area contributed by atoms with Gasteiger partial charge >= 0.3 is 0 Å². The summed E-state index contributed by atoms with van der Waals surface area (Å²) in [5.41, 5.74) is 1.26. The average Bonchev–Trinajstić information content (AvgIpc) is 2.45. The van der Waals surface area contributed by atoms with Gasteiger partial charge in [0, 0.05) is 12.6 Å². The van der Waals surface area contributed by atoms with E-state index in [-0.39, 0.29) is 6.61 Å². The molecule has 0 spiro atoms. The van der Waals surface area contributed by atoms with Crippen LogP contribution >= 0.6 is 0 Å². The first kappa shape index (κ1) is 16.0. The topological polar surface area (TPSA) is 41.5 Å². The van der Waals surface area contributed by atoms with E-state index in [1.807, 2.05) is 12.1 Å². The molecule has 3 heteroatoms. The zero-order chi connectivity index (χ0) is 14.1. The van der Waals surface area contributed by atoms with Gasteiger partial charge in [-0.05, 0) is 49.9 Å². The van der Waals surface area contributed by atoms with Crippen LogP contribution in [0.25, 0.3) is 0 Å². The lowest BCUT2D eigenvalue weighted by molar-refractivity contribution is 0.246. The number of benzene rings is 1.